The molecule has 2 aliphatic rings. The largest absolute Gasteiger partial charge is 0.307 e. The van der Waals surface area contributed by atoms with Crippen LogP contribution in [0.15, 0.2) is 12.4 Å². The number of nitrogens with one attached hydrogen (secondary N) is 1. The molecule has 1 saturated carbocycles. The Balaban J connectivity index is 1.78. The first-order valence-electron chi connectivity index (χ1n) is 6.73. The Kier molecular flexibility index (Phi) is 2.17. The summed E-state index contributed by atoms with van der Waals surface area (Å²) in [6, 6.07) is 2.34. The SMILES string of the molecule is Cc1cc2nnc(C3NCC4CCCC43)n2cn1. The number of fused-ring (bicyclic) bond motifs is 2. The van der Waals surface area contributed by atoms with Gasteiger partial charge in [0.25, 0.3) is 0 Å². The van der Waals surface area contributed by atoms with E-state index in [0.717, 1.165) is 35.5 Å². The summed E-state index contributed by atoms with van der Waals surface area (Å²) in [6.07, 6.45) is 5.89. The molecule has 0 aromatic carbocycles. The zero-order valence-electron chi connectivity index (χ0n) is 10.5. The predicted molar refractivity (Wildman–Crippen MR) is 67.1 cm³/mol. The summed E-state index contributed by atoms with van der Waals surface area (Å²) in [5.74, 6) is 2.60. The average molecular weight is 243 g/mol. The van der Waals surface area contributed by atoms with Crippen molar-refractivity contribution in [2.75, 3.05) is 6.54 Å². The van der Waals surface area contributed by atoms with E-state index in [1.54, 1.807) is 0 Å². The van der Waals surface area contributed by atoms with Crippen LogP contribution in [-0.2, 0) is 0 Å². The van der Waals surface area contributed by atoms with Gasteiger partial charge in [0.05, 0.1) is 6.04 Å². The maximum absolute atomic E-state index is 4.39. The van der Waals surface area contributed by atoms with Crippen LogP contribution >= 0.6 is 0 Å². The lowest BCUT2D eigenvalue weighted by molar-refractivity contribution is 0.405. The number of nitrogens with zero attached hydrogens (tertiary/aromatic N) is 4. The number of rotatable bonds is 1. The summed E-state index contributed by atoms with van der Waals surface area (Å²) in [6.45, 7) is 3.11. The molecule has 0 bridgehead atoms. The normalized spacial score (nSPS) is 31.1. The number of hydrogen-bond acceptors (Lipinski definition) is 4. The van der Waals surface area contributed by atoms with E-state index in [2.05, 4.69) is 20.5 Å². The van der Waals surface area contributed by atoms with E-state index in [9.17, 15) is 0 Å². The summed E-state index contributed by atoms with van der Waals surface area (Å²) >= 11 is 0. The van der Waals surface area contributed by atoms with Crippen LogP contribution in [0.1, 0.15) is 36.8 Å². The Hall–Kier alpha value is -1.49. The third kappa shape index (κ3) is 1.40. The van der Waals surface area contributed by atoms with Gasteiger partial charge < -0.3 is 5.32 Å². The summed E-state index contributed by atoms with van der Waals surface area (Å²) in [7, 11) is 0. The Morgan fingerprint density at radius 3 is 3.22 bits per heavy atom. The van der Waals surface area contributed by atoms with Crippen molar-refractivity contribution in [1.29, 1.82) is 0 Å². The Bertz CT molecular complexity index is 590. The van der Waals surface area contributed by atoms with E-state index >= 15 is 0 Å². The molecule has 18 heavy (non-hydrogen) atoms. The predicted octanol–water partition coefficient (Wildman–Crippen LogP) is 1.49. The van der Waals surface area contributed by atoms with Gasteiger partial charge in [-0.2, -0.15) is 0 Å². The van der Waals surface area contributed by atoms with E-state index in [0.29, 0.717) is 6.04 Å². The first kappa shape index (κ1) is 10.4. The van der Waals surface area contributed by atoms with Crippen molar-refractivity contribution in [3.63, 3.8) is 0 Å². The fourth-order valence-corrected chi connectivity index (χ4v) is 3.59. The van der Waals surface area contributed by atoms with E-state index in [1.807, 2.05) is 23.7 Å². The van der Waals surface area contributed by atoms with Crippen molar-refractivity contribution in [2.24, 2.45) is 11.8 Å². The number of aromatic nitrogens is 4. The molecule has 0 radical (unpaired) electrons. The fourth-order valence-electron chi connectivity index (χ4n) is 3.59. The van der Waals surface area contributed by atoms with Crippen molar-refractivity contribution >= 4 is 5.65 Å². The summed E-state index contributed by atoms with van der Waals surface area (Å²) in [5.41, 5.74) is 1.89. The summed E-state index contributed by atoms with van der Waals surface area (Å²) in [4.78, 5) is 4.35. The highest BCUT2D eigenvalue weighted by Crippen LogP contribution is 2.43. The van der Waals surface area contributed by atoms with Gasteiger partial charge in [-0.05, 0) is 38.1 Å². The van der Waals surface area contributed by atoms with Crippen molar-refractivity contribution in [3.05, 3.63) is 23.9 Å². The monoisotopic (exact) mass is 243 g/mol. The van der Waals surface area contributed by atoms with Crippen LogP contribution in [0.5, 0.6) is 0 Å². The van der Waals surface area contributed by atoms with Crippen LogP contribution in [0.4, 0.5) is 0 Å². The lowest BCUT2D eigenvalue weighted by atomic mass is 9.94. The van der Waals surface area contributed by atoms with E-state index < -0.39 is 0 Å². The molecule has 4 rings (SSSR count). The van der Waals surface area contributed by atoms with Gasteiger partial charge in [0.2, 0.25) is 0 Å². The molecule has 3 heterocycles. The topological polar surface area (TPSA) is 55.1 Å². The summed E-state index contributed by atoms with van der Waals surface area (Å²) in [5, 5.41) is 12.3. The van der Waals surface area contributed by atoms with Crippen LogP contribution in [0.2, 0.25) is 0 Å². The second-order valence-electron chi connectivity index (χ2n) is 5.56. The van der Waals surface area contributed by atoms with Crippen LogP contribution in [0, 0.1) is 18.8 Å². The Morgan fingerprint density at radius 2 is 2.28 bits per heavy atom. The molecule has 3 unspecified atom stereocenters. The molecular weight excluding hydrogens is 226 g/mol. The van der Waals surface area contributed by atoms with Gasteiger partial charge in [0, 0.05) is 11.8 Å². The van der Waals surface area contributed by atoms with Crippen LogP contribution in [0.25, 0.3) is 5.65 Å². The van der Waals surface area contributed by atoms with Gasteiger partial charge in [0.1, 0.15) is 6.33 Å². The molecule has 3 atom stereocenters. The highest BCUT2D eigenvalue weighted by atomic mass is 15.3. The lowest BCUT2D eigenvalue weighted by Gasteiger charge is -2.16. The molecule has 0 amide bonds. The van der Waals surface area contributed by atoms with Crippen molar-refractivity contribution < 1.29 is 0 Å². The molecule has 1 saturated heterocycles. The average Bonchev–Trinajstić information content (AvgIpc) is 3.01. The third-order valence-electron chi connectivity index (χ3n) is 4.49. The van der Waals surface area contributed by atoms with Gasteiger partial charge in [-0.25, -0.2) is 4.98 Å². The molecule has 1 aliphatic heterocycles. The lowest BCUT2D eigenvalue weighted by Crippen LogP contribution is -2.20. The minimum atomic E-state index is 0.358. The van der Waals surface area contributed by atoms with Crippen LogP contribution in [-0.4, -0.2) is 26.1 Å². The van der Waals surface area contributed by atoms with Crippen LogP contribution in [0.3, 0.4) is 0 Å². The van der Waals surface area contributed by atoms with Crippen molar-refractivity contribution in [1.82, 2.24) is 24.9 Å². The molecular formula is C13H17N5. The Morgan fingerprint density at radius 1 is 1.33 bits per heavy atom. The molecule has 2 aromatic heterocycles. The second-order valence-corrected chi connectivity index (χ2v) is 5.56. The highest BCUT2D eigenvalue weighted by Gasteiger charge is 2.41. The Labute approximate surface area is 106 Å². The number of hydrogen-bond donors (Lipinski definition) is 1. The molecule has 2 aromatic rings. The van der Waals surface area contributed by atoms with E-state index in [4.69, 9.17) is 0 Å². The molecule has 5 heteroatoms. The molecule has 94 valence electrons. The molecule has 0 spiro atoms. The van der Waals surface area contributed by atoms with Crippen molar-refractivity contribution in [2.45, 2.75) is 32.2 Å². The standard InChI is InChI=1S/C13H17N5/c1-8-5-11-16-17-13(18(11)7-15-8)12-10-4-2-3-9(10)6-14-12/h5,7,9-10,12,14H,2-4,6H2,1H3. The van der Waals surface area contributed by atoms with Crippen LogP contribution < -0.4 is 5.32 Å². The second kappa shape index (κ2) is 3.75. The minimum Gasteiger partial charge on any atom is -0.307 e. The summed E-state index contributed by atoms with van der Waals surface area (Å²) < 4.78 is 2.03. The van der Waals surface area contributed by atoms with E-state index in [-0.39, 0.29) is 0 Å². The smallest absolute Gasteiger partial charge is 0.163 e. The molecule has 1 aliphatic carbocycles. The maximum atomic E-state index is 4.39. The molecule has 2 fully saturated rings. The fraction of sp³-hybridized carbons (Fsp3) is 0.615. The van der Waals surface area contributed by atoms with Gasteiger partial charge in [0.15, 0.2) is 11.5 Å². The van der Waals surface area contributed by atoms with Gasteiger partial charge in [-0.15, -0.1) is 10.2 Å². The zero-order chi connectivity index (χ0) is 12.1. The first-order valence-corrected chi connectivity index (χ1v) is 6.73. The van der Waals surface area contributed by atoms with Gasteiger partial charge >= 0.3 is 0 Å². The van der Waals surface area contributed by atoms with Crippen molar-refractivity contribution in [3.8, 4) is 0 Å². The number of aryl methyl sites for hydroxylation is 1. The quantitative estimate of drug-likeness (QED) is 0.824. The minimum absolute atomic E-state index is 0.358. The van der Waals surface area contributed by atoms with Gasteiger partial charge in [-0.3, -0.25) is 4.40 Å². The highest BCUT2D eigenvalue weighted by molar-refractivity contribution is 5.38. The van der Waals surface area contributed by atoms with E-state index in [1.165, 1.54) is 19.3 Å². The maximum Gasteiger partial charge on any atom is 0.163 e. The first-order chi connectivity index (χ1) is 8.83. The third-order valence-corrected chi connectivity index (χ3v) is 4.49. The van der Waals surface area contributed by atoms with Gasteiger partial charge in [-0.1, -0.05) is 6.42 Å². The zero-order valence-corrected chi connectivity index (χ0v) is 10.5. The molecule has 5 nitrogen and oxygen atoms in total. The molecule has 1 N–H and O–H groups in total.